The number of methoxy groups -OCH3 is 1. The molecule has 1 aliphatic heterocycles. The summed E-state index contributed by atoms with van der Waals surface area (Å²) in [5.41, 5.74) is 0.910. The molecule has 0 radical (unpaired) electrons. The van der Waals surface area contributed by atoms with Crippen LogP contribution in [0.15, 0.2) is 4.52 Å². The molecular weight excluding hydrogens is 298 g/mol. The highest BCUT2D eigenvalue weighted by Gasteiger charge is 2.32. The Balaban J connectivity index is 1.92. The molecule has 3 heterocycles. The summed E-state index contributed by atoms with van der Waals surface area (Å²) in [6, 6.07) is 0. The highest BCUT2D eigenvalue weighted by atomic mass is 16.5. The molecule has 2 aromatic rings. The third-order valence-electron chi connectivity index (χ3n) is 3.76. The predicted molar refractivity (Wildman–Crippen MR) is 82.6 cm³/mol. The lowest BCUT2D eigenvalue weighted by Crippen LogP contribution is -2.43. The maximum Gasteiger partial charge on any atom is 0.257 e. The van der Waals surface area contributed by atoms with Crippen LogP contribution < -0.4 is 9.64 Å². The zero-order valence-electron chi connectivity index (χ0n) is 14.0. The maximum atomic E-state index is 5.95. The second kappa shape index (κ2) is 6.11. The van der Waals surface area contributed by atoms with Crippen molar-refractivity contribution in [2.24, 2.45) is 0 Å². The number of hydrogen-bond acceptors (Lipinski definition) is 8. The average Bonchev–Trinajstić information content (AvgIpc) is 2.95. The molecular formula is C15H21N5O3. The number of aryl methyl sites for hydroxylation is 2. The molecule has 1 aliphatic rings. The van der Waals surface area contributed by atoms with Gasteiger partial charge in [0.2, 0.25) is 5.88 Å². The molecule has 0 N–H and O–H groups in total. The molecule has 0 unspecified atom stereocenters. The summed E-state index contributed by atoms with van der Waals surface area (Å²) in [5.74, 6) is 3.22. The van der Waals surface area contributed by atoms with Gasteiger partial charge in [0.25, 0.3) is 5.89 Å². The minimum absolute atomic E-state index is 0.0154. The van der Waals surface area contributed by atoms with Gasteiger partial charge in [0.1, 0.15) is 11.6 Å². The first-order chi connectivity index (χ1) is 11.0. The van der Waals surface area contributed by atoms with Gasteiger partial charge >= 0.3 is 0 Å². The van der Waals surface area contributed by atoms with Gasteiger partial charge in [-0.3, -0.25) is 0 Å². The summed E-state index contributed by atoms with van der Waals surface area (Å²) in [6.07, 6.45) is -0.262. The maximum absolute atomic E-state index is 5.95. The SMILES string of the molecule is COc1nc(C)nc(N2C[C@@H](C)O[C@@H](c3nc(C)no3)C2)c1C. The van der Waals surface area contributed by atoms with Gasteiger partial charge in [-0.25, -0.2) is 4.98 Å². The lowest BCUT2D eigenvalue weighted by molar-refractivity contribution is -0.0334. The number of hydrogen-bond donors (Lipinski definition) is 0. The predicted octanol–water partition coefficient (Wildman–Crippen LogP) is 1.76. The summed E-state index contributed by atoms with van der Waals surface area (Å²) in [7, 11) is 1.62. The fourth-order valence-electron chi connectivity index (χ4n) is 2.80. The van der Waals surface area contributed by atoms with Crippen molar-refractivity contribution in [1.29, 1.82) is 0 Å². The number of ether oxygens (including phenoxy) is 2. The van der Waals surface area contributed by atoms with Crippen LogP contribution in [0.3, 0.4) is 0 Å². The first kappa shape index (κ1) is 15.7. The van der Waals surface area contributed by atoms with Crippen LogP contribution in [0, 0.1) is 20.8 Å². The van der Waals surface area contributed by atoms with E-state index >= 15 is 0 Å². The van der Waals surface area contributed by atoms with E-state index in [4.69, 9.17) is 14.0 Å². The van der Waals surface area contributed by atoms with Gasteiger partial charge in [0, 0.05) is 6.54 Å². The molecule has 0 aromatic carbocycles. The van der Waals surface area contributed by atoms with Crippen molar-refractivity contribution in [2.45, 2.75) is 39.9 Å². The first-order valence-electron chi connectivity index (χ1n) is 7.57. The number of nitrogens with zero attached hydrogens (tertiary/aromatic N) is 5. The van der Waals surface area contributed by atoms with E-state index in [2.05, 4.69) is 25.0 Å². The van der Waals surface area contributed by atoms with Crippen molar-refractivity contribution in [3.63, 3.8) is 0 Å². The molecule has 124 valence electrons. The topological polar surface area (TPSA) is 86.4 Å². The van der Waals surface area contributed by atoms with Crippen LogP contribution in [-0.2, 0) is 4.74 Å². The number of anilines is 1. The zero-order chi connectivity index (χ0) is 16.6. The standard InChI is InChI=1S/C15H21N5O3/c1-8-6-20(7-12(22-8)15-18-11(4)19-23-15)13-9(2)14(21-5)17-10(3)16-13/h8,12H,6-7H2,1-5H3/t8-,12-/m1/s1. The van der Waals surface area contributed by atoms with Crippen molar-refractivity contribution >= 4 is 5.82 Å². The van der Waals surface area contributed by atoms with E-state index in [1.165, 1.54) is 0 Å². The van der Waals surface area contributed by atoms with Gasteiger partial charge in [-0.2, -0.15) is 9.97 Å². The van der Waals surface area contributed by atoms with E-state index in [1.54, 1.807) is 14.0 Å². The Morgan fingerprint density at radius 2 is 1.87 bits per heavy atom. The Morgan fingerprint density at radius 3 is 2.52 bits per heavy atom. The molecule has 8 nitrogen and oxygen atoms in total. The van der Waals surface area contributed by atoms with E-state index in [0.717, 1.165) is 17.9 Å². The molecule has 23 heavy (non-hydrogen) atoms. The molecule has 8 heteroatoms. The third kappa shape index (κ3) is 3.12. The van der Waals surface area contributed by atoms with Crippen LogP contribution in [0.5, 0.6) is 5.88 Å². The normalized spacial score (nSPS) is 21.5. The zero-order valence-corrected chi connectivity index (χ0v) is 14.0. The average molecular weight is 319 g/mol. The van der Waals surface area contributed by atoms with Crippen LogP contribution in [0.2, 0.25) is 0 Å². The number of morpholine rings is 1. The second-order valence-electron chi connectivity index (χ2n) is 5.75. The van der Waals surface area contributed by atoms with Gasteiger partial charge < -0.3 is 18.9 Å². The summed E-state index contributed by atoms with van der Waals surface area (Å²) in [4.78, 5) is 15.3. The van der Waals surface area contributed by atoms with Crippen LogP contribution in [-0.4, -0.2) is 46.4 Å². The van der Waals surface area contributed by atoms with Gasteiger partial charge in [-0.1, -0.05) is 5.16 Å². The quantitative estimate of drug-likeness (QED) is 0.846. The summed E-state index contributed by atoms with van der Waals surface area (Å²) < 4.78 is 16.6. The van der Waals surface area contributed by atoms with Crippen LogP contribution in [0.1, 0.15) is 36.1 Å². The molecule has 0 bridgehead atoms. The third-order valence-corrected chi connectivity index (χ3v) is 3.76. The van der Waals surface area contributed by atoms with Crippen molar-refractivity contribution in [3.05, 3.63) is 23.1 Å². The second-order valence-corrected chi connectivity index (χ2v) is 5.75. The smallest absolute Gasteiger partial charge is 0.257 e. The Bertz CT molecular complexity index is 702. The largest absolute Gasteiger partial charge is 0.481 e. The summed E-state index contributed by atoms with van der Waals surface area (Å²) in [5, 5.41) is 3.84. The minimum Gasteiger partial charge on any atom is -0.481 e. The summed E-state index contributed by atoms with van der Waals surface area (Å²) >= 11 is 0. The number of rotatable bonds is 3. The molecule has 1 saturated heterocycles. The lowest BCUT2D eigenvalue weighted by atomic mass is 10.2. The molecule has 3 rings (SSSR count). The molecule has 2 aromatic heterocycles. The minimum atomic E-state index is -0.277. The van der Waals surface area contributed by atoms with E-state index in [-0.39, 0.29) is 12.2 Å². The van der Waals surface area contributed by atoms with Gasteiger partial charge in [0.15, 0.2) is 11.9 Å². The Labute approximate surface area is 134 Å². The van der Waals surface area contributed by atoms with Gasteiger partial charge in [-0.15, -0.1) is 0 Å². The molecule has 1 fully saturated rings. The van der Waals surface area contributed by atoms with Crippen LogP contribution >= 0.6 is 0 Å². The van der Waals surface area contributed by atoms with E-state index in [1.807, 2.05) is 20.8 Å². The van der Waals surface area contributed by atoms with E-state index in [0.29, 0.717) is 30.0 Å². The fraction of sp³-hybridized carbons (Fsp3) is 0.600. The van der Waals surface area contributed by atoms with Crippen molar-refractivity contribution in [3.8, 4) is 5.88 Å². The van der Waals surface area contributed by atoms with Gasteiger partial charge in [0.05, 0.1) is 25.3 Å². The van der Waals surface area contributed by atoms with Crippen LogP contribution in [0.4, 0.5) is 5.82 Å². The number of aromatic nitrogens is 4. The first-order valence-corrected chi connectivity index (χ1v) is 7.57. The molecule has 0 amide bonds. The monoisotopic (exact) mass is 319 g/mol. The molecule has 0 spiro atoms. The Hall–Kier alpha value is -2.22. The van der Waals surface area contributed by atoms with Gasteiger partial charge in [-0.05, 0) is 27.7 Å². The molecule has 0 saturated carbocycles. The lowest BCUT2D eigenvalue weighted by Gasteiger charge is -2.36. The van der Waals surface area contributed by atoms with Crippen molar-refractivity contribution in [1.82, 2.24) is 20.1 Å². The molecule has 2 atom stereocenters. The molecule has 0 aliphatic carbocycles. The Kier molecular flexibility index (Phi) is 4.16. The van der Waals surface area contributed by atoms with Crippen LogP contribution in [0.25, 0.3) is 0 Å². The summed E-state index contributed by atoms with van der Waals surface area (Å²) in [6.45, 7) is 8.94. The van der Waals surface area contributed by atoms with E-state index < -0.39 is 0 Å². The highest BCUT2D eigenvalue weighted by Crippen LogP contribution is 2.31. The highest BCUT2D eigenvalue weighted by molar-refractivity contribution is 5.51. The van der Waals surface area contributed by atoms with Crippen molar-refractivity contribution in [2.75, 3.05) is 25.1 Å². The Morgan fingerprint density at radius 1 is 1.09 bits per heavy atom. The van der Waals surface area contributed by atoms with E-state index in [9.17, 15) is 0 Å². The van der Waals surface area contributed by atoms with Crippen molar-refractivity contribution < 1.29 is 14.0 Å². The fourth-order valence-corrected chi connectivity index (χ4v) is 2.80.